The van der Waals surface area contributed by atoms with Crippen LogP contribution in [0.5, 0.6) is 0 Å². The second-order valence-corrected chi connectivity index (χ2v) is 14.5. The van der Waals surface area contributed by atoms with E-state index in [1.807, 2.05) is 0 Å². The van der Waals surface area contributed by atoms with E-state index in [1.165, 1.54) is 67.0 Å². The molecule has 244 valence electrons. The molecular formula is C49H38N2. The molecule has 2 nitrogen and oxygen atoms in total. The van der Waals surface area contributed by atoms with E-state index in [2.05, 4.69) is 200 Å². The SMILES string of the molecule is CC1(C)c2ccccc2-c2ccc(N(c3ccc(-c4ccccc4)cc3)c3ccc(N4c5ccccc5-c5cccc6c5C4CC=C6)cc3)cc21. The van der Waals surface area contributed by atoms with Gasteiger partial charge in [0, 0.05) is 39.4 Å². The molecule has 1 aliphatic heterocycles. The summed E-state index contributed by atoms with van der Waals surface area (Å²) in [5.41, 5.74) is 19.1. The van der Waals surface area contributed by atoms with Crippen molar-refractivity contribution in [1.29, 1.82) is 0 Å². The van der Waals surface area contributed by atoms with Crippen LogP contribution in [0.2, 0.25) is 0 Å². The molecule has 2 aliphatic carbocycles. The Morgan fingerprint density at radius 3 is 1.96 bits per heavy atom. The summed E-state index contributed by atoms with van der Waals surface area (Å²) in [6, 6.07) is 60.7. The van der Waals surface area contributed by atoms with Crippen LogP contribution in [0.1, 0.15) is 48.6 Å². The molecule has 3 aliphatic rings. The van der Waals surface area contributed by atoms with Crippen molar-refractivity contribution in [3.8, 4) is 33.4 Å². The topological polar surface area (TPSA) is 6.48 Å². The number of fused-ring (bicyclic) bond motifs is 5. The molecular weight excluding hydrogens is 617 g/mol. The first kappa shape index (κ1) is 29.8. The zero-order chi connectivity index (χ0) is 34.1. The van der Waals surface area contributed by atoms with Crippen LogP contribution in [0, 0.1) is 0 Å². The Kier molecular flexibility index (Phi) is 6.69. The summed E-state index contributed by atoms with van der Waals surface area (Å²) in [6.07, 6.45) is 5.61. The zero-order valence-corrected chi connectivity index (χ0v) is 28.9. The van der Waals surface area contributed by atoms with E-state index in [0.717, 1.165) is 23.5 Å². The van der Waals surface area contributed by atoms with Crippen molar-refractivity contribution in [2.24, 2.45) is 0 Å². The second kappa shape index (κ2) is 11.5. The molecule has 1 unspecified atom stereocenters. The lowest BCUT2D eigenvalue weighted by Crippen LogP contribution is -2.29. The molecule has 0 aromatic heterocycles. The molecule has 0 radical (unpaired) electrons. The zero-order valence-electron chi connectivity index (χ0n) is 28.9. The van der Waals surface area contributed by atoms with Crippen LogP contribution >= 0.6 is 0 Å². The maximum absolute atomic E-state index is 2.56. The van der Waals surface area contributed by atoms with Gasteiger partial charge in [-0.05, 0) is 111 Å². The molecule has 1 atom stereocenters. The number of hydrogen-bond donors (Lipinski definition) is 0. The van der Waals surface area contributed by atoms with Crippen LogP contribution in [0.4, 0.5) is 28.4 Å². The molecule has 0 N–H and O–H groups in total. The Morgan fingerprint density at radius 2 is 1.16 bits per heavy atom. The van der Waals surface area contributed by atoms with Crippen LogP contribution in [-0.4, -0.2) is 0 Å². The van der Waals surface area contributed by atoms with Crippen molar-refractivity contribution < 1.29 is 0 Å². The van der Waals surface area contributed by atoms with E-state index in [0.29, 0.717) is 0 Å². The second-order valence-electron chi connectivity index (χ2n) is 14.5. The van der Waals surface area contributed by atoms with Crippen LogP contribution in [0.3, 0.4) is 0 Å². The lowest BCUT2D eigenvalue weighted by molar-refractivity contribution is 0.660. The molecule has 7 aromatic carbocycles. The third-order valence-electron chi connectivity index (χ3n) is 11.3. The Bertz CT molecular complexity index is 2470. The molecule has 7 aromatic rings. The Labute approximate surface area is 300 Å². The quantitative estimate of drug-likeness (QED) is 0.182. The van der Waals surface area contributed by atoms with Crippen LogP contribution in [0.25, 0.3) is 39.5 Å². The molecule has 0 fully saturated rings. The molecule has 0 bridgehead atoms. The minimum atomic E-state index is -0.0835. The minimum absolute atomic E-state index is 0.0835. The van der Waals surface area contributed by atoms with Gasteiger partial charge in [0.2, 0.25) is 0 Å². The minimum Gasteiger partial charge on any atom is -0.333 e. The van der Waals surface area contributed by atoms with Crippen molar-refractivity contribution in [1.82, 2.24) is 0 Å². The van der Waals surface area contributed by atoms with Gasteiger partial charge in [-0.2, -0.15) is 0 Å². The van der Waals surface area contributed by atoms with Crippen LogP contribution < -0.4 is 9.80 Å². The number of para-hydroxylation sites is 1. The Balaban J connectivity index is 1.09. The Morgan fingerprint density at radius 1 is 0.529 bits per heavy atom. The number of benzene rings is 7. The maximum atomic E-state index is 2.56. The number of hydrogen-bond acceptors (Lipinski definition) is 2. The summed E-state index contributed by atoms with van der Waals surface area (Å²) in [5.74, 6) is 0. The number of rotatable bonds is 5. The van der Waals surface area contributed by atoms with E-state index in [-0.39, 0.29) is 11.5 Å². The predicted molar refractivity (Wildman–Crippen MR) is 215 cm³/mol. The van der Waals surface area contributed by atoms with Crippen molar-refractivity contribution >= 4 is 34.5 Å². The summed E-state index contributed by atoms with van der Waals surface area (Å²) < 4.78 is 0. The van der Waals surface area contributed by atoms with E-state index < -0.39 is 0 Å². The van der Waals surface area contributed by atoms with E-state index >= 15 is 0 Å². The smallest absolute Gasteiger partial charge is 0.0638 e. The third kappa shape index (κ3) is 4.63. The standard InChI is InChI=1S/C49H38N2/c1-49(2)44-19-8-6-16-40(44)41-31-30-39(32-45(41)49)50(36-24-22-34(23-25-36)33-12-4-3-5-13-33)37-26-28-38(29-27-37)51-46-20-9-7-17-42(46)43-18-10-14-35-15-11-21-47(51)48(35)43/h3-20,22-32,47H,21H2,1-2H3. The molecule has 0 saturated carbocycles. The van der Waals surface area contributed by atoms with Gasteiger partial charge < -0.3 is 9.80 Å². The maximum Gasteiger partial charge on any atom is 0.0638 e. The normalized spacial score (nSPS) is 15.8. The van der Waals surface area contributed by atoms with Gasteiger partial charge in [-0.3, -0.25) is 0 Å². The highest BCUT2D eigenvalue weighted by molar-refractivity contribution is 5.92. The third-order valence-corrected chi connectivity index (χ3v) is 11.3. The van der Waals surface area contributed by atoms with Gasteiger partial charge in [-0.15, -0.1) is 0 Å². The predicted octanol–water partition coefficient (Wildman–Crippen LogP) is 13.4. The van der Waals surface area contributed by atoms with Gasteiger partial charge in [0.15, 0.2) is 0 Å². The van der Waals surface area contributed by atoms with E-state index in [1.54, 1.807) is 0 Å². The van der Waals surface area contributed by atoms with Crippen molar-refractivity contribution in [3.63, 3.8) is 0 Å². The fourth-order valence-electron chi connectivity index (χ4n) is 8.88. The summed E-state index contributed by atoms with van der Waals surface area (Å²) in [7, 11) is 0. The number of anilines is 5. The van der Waals surface area contributed by atoms with Crippen LogP contribution in [-0.2, 0) is 5.41 Å². The lowest BCUT2D eigenvalue weighted by Gasteiger charge is -2.42. The van der Waals surface area contributed by atoms with Gasteiger partial charge >= 0.3 is 0 Å². The summed E-state index contributed by atoms with van der Waals surface area (Å²) in [6.45, 7) is 4.71. The summed E-state index contributed by atoms with van der Waals surface area (Å²) in [5, 5.41) is 0. The van der Waals surface area contributed by atoms with Gasteiger partial charge in [0.25, 0.3) is 0 Å². The average Bonchev–Trinajstić information content (AvgIpc) is 3.42. The summed E-state index contributed by atoms with van der Waals surface area (Å²) in [4.78, 5) is 4.97. The first-order chi connectivity index (χ1) is 25.1. The molecule has 10 rings (SSSR count). The van der Waals surface area contributed by atoms with Crippen molar-refractivity contribution in [2.75, 3.05) is 9.80 Å². The highest BCUT2D eigenvalue weighted by Gasteiger charge is 2.36. The fourth-order valence-corrected chi connectivity index (χ4v) is 8.88. The number of nitrogens with zero attached hydrogens (tertiary/aromatic N) is 2. The van der Waals surface area contributed by atoms with E-state index in [4.69, 9.17) is 0 Å². The molecule has 0 saturated heterocycles. The monoisotopic (exact) mass is 654 g/mol. The lowest BCUT2D eigenvalue weighted by atomic mass is 9.81. The fraction of sp³-hybridized carbons (Fsp3) is 0.102. The molecule has 1 heterocycles. The van der Waals surface area contributed by atoms with Gasteiger partial charge in [0.1, 0.15) is 0 Å². The molecule has 0 amide bonds. The van der Waals surface area contributed by atoms with Crippen molar-refractivity contribution in [3.05, 3.63) is 192 Å². The molecule has 51 heavy (non-hydrogen) atoms. The molecule has 2 heteroatoms. The van der Waals surface area contributed by atoms with Crippen molar-refractivity contribution in [2.45, 2.75) is 31.7 Å². The molecule has 0 spiro atoms. The first-order valence-electron chi connectivity index (χ1n) is 18.0. The highest BCUT2D eigenvalue weighted by Crippen LogP contribution is 2.53. The highest BCUT2D eigenvalue weighted by atomic mass is 15.2. The van der Waals surface area contributed by atoms with Crippen LogP contribution in [0.15, 0.2) is 170 Å². The first-order valence-corrected chi connectivity index (χ1v) is 18.0. The Hall–Kier alpha value is -6.12. The summed E-state index contributed by atoms with van der Waals surface area (Å²) >= 11 is 0. The largest absolute Gasteiger partial charge is 0.333 e. The van der Waals surface area contributed by atoms with E-state index in [9.17, 15) is 0 Å². The van der Waals surface area contributed by atoms with Gasteiger partial charge in [-0.25, -0.2) is 0 Å². The van der Waals surface area contributed by atoms with Gasteiger partial charge in [0.05, 0.1) is 6.04 Å². The van der Waals surface area contributed by atoms with Gasteiger partial charge in [-0.1, -0.05) is 135 Å². The average molecular weight is 655 g/mol.